The summed E-state index contributed by atoms with van der Waals surface area (Å²) in [6, 6.07) is 15.2. The number of benzene rings is 2. The number of aromatic nitrogens is 2. The molecule has 120 valence electrons. The maximum absolute atomic E-state index is 11.5. The van der Waals surface area contributed by atoms with Crippen molar-refractivity contribution in [1.82, 2.24) is 9.97 Å². The number of hydrogen-bond donors (Lipinski definition) is 1. The first-order valence-electron chi connectivity index (χ1n) is 7.51. The Labute approximate surface area is 140 Å². The van der Waals surface area contributed by atoms with Crippen molar-refractivity contribution in [2.24, 2.45) is 0 Å². The van der Waals surface area contributed by atoms with Gasteiger partial charge in [-0.1, -0.05) is 18.2 Å². The maximum Gasteiger partial charge on any atom is 0.337 e. The molecule has 3 aromatic rings. The van der Waals surface area contributed by atoms with E-state index in [1.807, 2.05) is 37.3 Å². The van der Waals surface area contributed by atoms with Gasteiger partial charge in [0.2, 0.25) is 5.95 Å². The molecule has 24 heavy (non-hydrogen) atoms. The Bertz CT molecular complexity index is 846. The first-order chi connectivity index (χ1) is 11.7. The second-order valence-corrected chi connectivity index (χ2v) is 5.30. The van der Waals surface area contributed by atoms with E-state index in [1.54, 1.807) is 30.6 Å². The number of nitrogens with one attached hydrogen (secondary N) is 1. The van der Waals surface area contributed by atoms with Crippen LogP contribution in [0.25, 0.3) is 11.1 Å². The van der Waals surface area contributed by atoms with Crippen molar-refractivity contribution in [3.63, 3.8) is 0 Å². The fourth-order valence-corrected chi connectivity index (χ4v) is 2.46. The minimum atomic E-state index is -0.333. The molecule has 5 heteroatoms. The molecule has 3 rings (SSSR count). The average Bonchev–Trinajstić information content (AvgIpc) is 2.62. The maximum atomic E-state index is 11.5. The Hall–Kier alpha value is -3.21. The molecule has 0 aliphatic rings. The highest BCUT2D eigenvalue weighted by atomic mass is 16.5. The quantitative estimate of drug-likeness (QED) is 0.737. The van der Waals surface area contributed by atoms with Crippen molar-refractivity contribution in [2.75, 3.05) is 12.4 Å². The molecule has 0 aliphatic carbocycles. The van der Waals surface area contributed by atoms with E-state index in [9.17, 15) is 4.79 Å². The van der Waals surface area contributed by atoms with E-state index in [2.05, 4.69) is 15.3 Å². The van der Waals surface area contributed by atoms with Gasteiger partial charge in [-0.15, -0.1) is 0 Å². The van der Waals surface area contributed by atoms with Crippen LogP contribution in [0.4, 0.5) is 11.6 Å². The number of nitrogens with zero attached hydrogens (tertiary/aromatic N) is 2. The van der Waals surface area contributed by atoms with Gasteiger partial charge in [-0.05, 0) is 53.9 Å². The summed E-state index contributed by atoms with van der Waals surface area (Å²) in [5.74, 6) is 0.229. The summed E-state index contributed by atoms with van der Waals surface area (Å²) in [6.45, 7) is 2.04. The predicted octanol–water partition coefficient (Wildman–Crippen LogP) is 3.98. The van der Waals surface area contributed by atoms with Gasteiger partial charge in [0.1, 0.15) is 0 Å². The Morgan fingerprint density at radius 2 is 1.75 bits per heavy atom. The summed E-state index contributed by atoms with van der Waals surface area (Å²) in [4.78, 5) is 19.8. The zero-order chi connectivity index (χ0) is 16.9. The van der Waals surface area contributed by atoms with Gasteiger partial charge in [-0.2, -0.15) is 0 Å². The molecule has 0 fully saturated rings. The van der Waals surface area contributed by atoms with E-state index in [1.165, 1.54) is 7.11 Å². The third kappa shape index (κ3) is 3.41. The molecule has 0 radical (unpaired) electrons. The Morgan fingerprint density at radius 3 is 2.38 bits per heavy atom. The molecule has 0 saturated heterocycles. The van der Waals surface area contributed by atoms with Crippen LogP contribution >= 0.6 is 0 Å². The smallest absolute Gasteiger partial charge is 0.337 e. The summed E-state index contributed by atoms with van der Waals surface area (Å²) >= 11 is 0. The van der Waals surface area contributed by atoms with Crippen LogP contribution in [0.3, 0.4) is 0 Å². The van der Waals surface area contributed by atoms with Crippen LogP contribution in [0.2, 0.25) is 0 Å². The molecule has 0 aliphatic heterocycles. The minimum Gasteiger partial charge on any atom is -0.465 e. The van der Waals surface area contributed by atoms with Crippen molar-refractivity contribution in [2.45, 2.75) is 6.92 Å². The molecule has 0 unspecified atom stereocenters. The zero-order valence-corrected chi connectivity index (χ0v) is 13.5. The topological polar surface area (TPSA) is 64.1 Å². The van der Waals surface area contributed by atoms with Crippen LogP contribution in [-0.4, -0.2) is 23.0 Å². The van der Waals surface area contributed by atoms with Crippen LogP contribution in [0.5, 0.6) is 0 Å². The second kappa shape index (κ2) is 6.91. The molecule has 0 bridgehead atoms. The van der Waals surface area contributed by atoms with Gasteiger partial charge in [0.25, 0.3) is 0 Å². The number of hydrogen-bond acceptors (Lipinski definition) is 5. The number of ether oxygens (including phenoxy) is 1. The van der Waals surface area contributed by atoms with Crippen molar-refractivity contribution >= 4 is 17.6 Å². The first-order valence-corrected chi connectivity index (χ1v) is 7.51. The van der Waals surface area contributed by atoms with Crippen molar-refractivity contribution in [3.8, 4) is 11.1 Å². The van der Waals surface area contributed by atoms with E-state index in [4.69, 9.17) is 4.74 Å². The number of carbonyl (C=O) groups is 1. The van der Waals surface area contributed by atoms with Crippen LogP contribution in [0.1, 0.15) is 15.9 Å². The normalized spacial score (nSPS) is 10.2. The summed E-state index contributed by atoms with van der Waals surface area (Å²) in [6.07, 6.45) is 3.39. The van der Waals surface area contributed by atoms with Gasteiger partial charge < -0.3 is 10.1 Å². The number of rotatable bonds is 4. The standard InChI is InChI=1S/C19H17N3O2/c1-13-12-16(22-19-20-10-3-11-21-19)8-9-17(13)14-4-6-15(7-5-14)18(23)24-2/h3-12H,1-2H3,(H,20,21,22). The van der Waals surface area contributed by atoms with Gasteiger partial charge >= 0.3 is 5.97 Å². The SMILES string of the molecule is COC(=O)c1ccc(-c2ccc(Nc3ncccn3)cc2C)cc1. The lowest BCUT2D eigenvalue weighted by molar-refractivity contribution is 0.0601. The lowest BCUT2D eigenvalue weighted by Gasteiger charge is -2.10. The van der Waals surface area contributed by atoms with E-state index in [0.717, 1.165) is 22.4 Å². The number of aryl methyl sites for hydroxylation is 1. The van der Waals surface area contributed by atoms with Crippen LogP contribution in [0.15, 0.2) is 60.9 Å². The van der Waals surface area contributed by atoms with Gasteiger partial charge in [-0.25, -0.2) is 14.8 Å². The highest BCUT2D eigenvalue weighted by molar-refractivity contribution is 5.90. The average molecular weight is 319 g/mol. The molecule has 0 amide bonds. The van der Waals surface area contributed by atoms with Crippen molar-refractivity contribution in [1.29, 1.82) is 0 Å². The monoisotopic (exact) mass is 319 g/mol. The van der Waals surface area contributed by atoms with E-state index in [-0.39, 0.29) is 5.97 Å². The molecule has 2 aromatic carbocycles. The molecular weight excluding hydrogens is 302 g/mol. The molecule has 0 atom stereocenters. The summed E-state index contributed by atoms with van der Waals surface area (Å²) < 4.78 is 4.72. The number of methoxy groups -OCH3 is 1. The molecule has 5 nitrogen and oxygen atoms in total. The van der Waals surface area contributed by atoms with Gasteiger partial charge in [0, 0.05) is 18.1 Å². The van der Waals surface area contributed by atoms with Crippen LogP contribution in [0, 0.1) is 6.92 Å². The first kappa shape index (κ1) is 15.7. The molecule has 0 spiro atoms. The van der Waals surface area contributed by atoms with Gasteiger partial charge in [0.05, 0.1) is 12.7 Å². The third-order valence-corrected chi connectivity index (χ3v) is 3.67. The fraction of sp³-hybridized carbons (Fsp3) is 0.105. The van der Waals surface area contributed by atoms with Crippen molar-refractivity contribution < 1.29 is 9.53 Å². The zero-order valence-electron chi connectivity index (χ0n) is 13.5. The predicted molar refractivity (Wildman–Crippen MR) is 93.3 cm³/mol. The lowest BCUT2D eigenvalue weighted by Crippen LogP contribution is -2.00. The minimum absolute atomic E-state index is 0.333. The highest BCUT2D eigenvalue weighted by Gasteiger charge is 2.07. The fourth-order valence-electron chi connectivity index (χ4n) is 2.46. The molecular formula is C19H17N3O2. The van der Waals surface area contributed by atoms with Gasteiger partial charge in [-0.3, -0.25) is 0 Å². The Balaban J connectivity index is 1.83. The summed E-state index contributed by atoms with van der Waals surface area (Å²) in [7, 11) is 1.38. The summed E-state index contributed by atoms with van der Waals surface area (Å²) in [5.41, 5.74) is 4.72. The Kier molecular flexibility index (Phi) is 4.52. The summed E-state index contributed by atoms with van der Waals surface area (Å²) in [5, 5.41) is 3.17. The van der Waals surface area contributed by atoms with Gasteiger partial charge in [0.15, 0.2) is 0 Å². The molecule has 0 saturated carbocycles. The van der Waals surface area contributed by atoms with Crippen LogP contribution in [-0.2, 0) is 4.74 Å². The largest absolute Gasteiger partial charge is 0.465 e. The third-order valence-electron chi connectivity index (χ3n) is 3.67. The highest BCUT2D eigenvalue weighted by Crippen LogP contribution is 2.27. The number of anilines is 2. The van der Waals surface area contributed by atoms with E-state index < -0.39 is 0 Å². The lowest BCUT2D eigenvalue weighted by atomic mass is 9.99. The molecule has 1 heterocycles. The van der Waals surface area contributed by atoms with E-state index >= 15 is 0 Å². The second-order valence-electron chi connectivity index (χ2n) is 5.30. The van der Waals surface area contributed by atoms with Crippen molar-refractivity contribution in [3.05, 3.63) is 72.1 Å². The molecule has 1 N–H and O–H groups in total. The Morgan fingerprint density at radius 1 is 1.04 bits per heavy atom. The van der Waals surface area contributed by atoms with E-state index in [0.29, 0.717) is 11.5 Å². The number of carbonyl (C=O) groups excluding carboxylic acids is 1. The number of esters is 1. The molecule has 1 aromatic heterocycles. The van der Waals surface area contributed by atoms with Crippen LogP contribution < -0.4 is 5.32 Å².